The molecule has 156 valence electrons. The lowest BCUT2D eigenvalue weighted by Crippen LogP contribution is -2.50. The Bertz CT molecular complexity index is 1080. The van der Waals surface area contributed by atoms with Crippen LogP contribution in [0.25, 0.3) is 0 Å². The van der Waals surface area contributed by atoms with E-state index >= 15 is 0 Å². The van der Waals surface area contributed by atoms with Crippen LogP contribution in [0.15, 0.2) is 40.9 Å². The summed E-state index contributed by atoms with van der Waals surface area (Å²) in [6.07, 6.45) is 0. The molecule has 0 atom stereocenters. The van der Waals surface area contributed by atoms with Crippen molar-refractivity contribution in [3.63, 3.8) is 0 Å². The van der Waals surface area contributed by atoms with Crippen LogP contribution in [0.1, 0.15) is 43.6 Å². The van der Waals surface area contributed by atoms with Crippen molar-refractivity contribution in [2.75, 3.05) is 26.2 Å². The first-order chi connectivity index (χ1) is 14.4. The molecule has 0 N–H and O–H groups in total. The molecule has 0 bridgehead atoms. The molecule has 0 spiro atoms. The Morgan fingerprint density at radius 1 is 0.933 bits per heavy atom. The normalized spacial score (nSPS) is 14.2. The molecule has 1 fully saturated rings. The van der Waals surface area contributed by atoms with E-state index in [-0.39, 0.29) is 17.6 Å². The van der Waals surface area contributed by atoms with Crippen molar-refractivity contribution < 1.29 is 14.1 Å². The summed E-state index contributed by atoms with van der Waals surface area (Å²) in [7, 11) is 0. The maximum absolute atomic E-state index is 13.0. The molecule has 4 rings (SSSR count). The predicted molar refractivity (Wildman–Crippen MR) is 110 cm³/mol. The van der Waals surface area contributed by atoms with E-state index in [1.54, 1.807) is 22.8 Å². The van der Waals surface area contributed by atoms with Crippen molar-refractivity contribution in [2.45, 2.75) is 27.3 Å². The van der Waals surface area contributed by atoms with Crippen molar-refractivity contribution in [3.8, 4) is 0 Å². The maximum atomic E-state index is 13.0. The van der Waals surface area contributed by atoms with Crippen LogP contribution in [-0.2, 0) is 6.54 Å². The third-order valence-corrected chi connectivity index (χ3v) is 5.30. The zero-order valence-corrected chi connectivity index (χ0v) is 17.5. The Hall–Kier alpha value is -3.42. The first-order valence-electron chi connectivity index (χ1n) is 10.0. The van der Waals surface area contributed by atoms with Crippen LogP contribution in [0, 0.1) is 20.8 Å². The van der Waals surface area contributed by atoms with Gasteiger partial charge in [-0.2, -0.15) is 5.10 Å². The van der Waals surface area contributed by atoms with Gasteiger partial charge in [-0.15, -0.1) is 0 Å². The fourth-order valence-corrected chi connectivity index (χ4v) is 3.73. The number of piperazine rings is 1. The van der Waals surface area contributed by atoms with Crippen LogP contribution in [0.2, 0.25) is 0 Å². The van der Waals surface area contributed by atoms with E-state index in [4.69, 9.17) is 4.52 Å². The van der Waals surface area contributed by atoms with Crippen LogP contribution in [0.3, 0.4) is 0 Å². The van der Waals surface area contributed by atoms with Crippen molar-refractivity contribution >= 4 is 11.8 Å². The molecule has 2 aromatic heterocycles. The minimum absolute atomic E-state index is 0.0205. The van der Waals surface area contributed by atoms with E-state index in [0.29, 0.717) is 44.0 Å². The number of hydrogen-bond donors (Lipinski definition) is 0. The highest BCUT2D eigenvalue weighted by Crippen LogP contribution is 2.15. The van der Waals surface area contributed by atoms with Gasteiger partial charge >= 0.3 is 0 Å². The molecule has 8 heteroatoms. The number of aryl methyl sites for hydroxylation is 3. The number of rotatable bonds is 4. The van der Waals surface area contributed by atoms with Crippen LogP contribution < -0.4 is 0 Å². The molecule has 3 aromatic rings. The zero-order chi connectivity index (χ0) is 21.3. The number of amides is 2. The SMILES string of the molecule is Cc1cc(C(=O)N2CCN(C(=O)c3cccc(Cn4nc(C)cc4C)c3)CC2)on1. The highest BCUT2D eigenvalue weighted by Gasteiger charge is 2.27. The summed E-state index contributed by atoms with van der Waals surface area (Å²) >= 11 is 0. The Morgan fingerprint density at radius 2 is 1.63 bits per heavy atom. The van der Waals surface area contributed by atoms with Gasteiger partial charge in [-0.05, 0) is 44.5 Å². The Labute approximate surface area is 175 Å². The van der Waals surface area contributed by atoms with E-state index in [1.807, 2.05) is 48.9 Å². The number of nitrogens with zero attached hydrogens (tertiary/aromatic N) is 5. The van der Waals surface area contributed by atoms with Gasteiger partial charge in [0.1, 0.15) is 0 Å². The summed E-state index contributed by atoms with van der Waals surface area (Å²) in [6.45, 7) is 8.30. The third kappa shape index (κ3) is 4.12. The lowest BCUT2D eigenvalue weighted by atomic mass is 10.1. The second-order valence-corrected chi connectivity index (χ2v) is 7.70. The number of aromatic nitrogens is 3. The molecule has 1 aliphatic rings. The molecule has 1 aromatic carbocycles. The van der Waals surface area contributed by atoms with Crippen LogP contribution in [0.5, 0.6) is 0 Å². The zero-order valence-electron chi connectivity index (χ0n) is 17.5. The quantitative estimate of drug-likeness (QED) is 0.663. The largest absolute Gasteiger partial charge is 0.351 e. The van der Waals surface area contributed by atoms with Gasteiger partial charge in [0.2, 0.25) is 5.76 Å². The maximum Gasteiger partial charge on any atom is 0.292 e. The Kier molecular flexibility index (Phi) is 5.39. The highest BCUT2D eigenvalue weighted by molar-refractivity contribution is 5.95. The smallest absolute Gasteiger partial charge is 0.292 e. The highest BCUT2D eigenvalue weighted by atomic mass is 16.5. The Balaban J connectivity index is 1.39. The second-order valence-electron chi connectivity index (χ2n) is 7.70. The van der Waals surface area contributed by atoms with E-state index in [1.165, 1.54) is 0 Å². The van der Waals surface area contributed by atoms with E-state index in [2.05, 4.69) is 10.3 Å². The minimum atomic E-state index is -0.186. The molecule has 1 aliphatic heterocycles. The number of carbonyl (C=O) groups is 2. The average Bonchev–Trinajstić information content (AvgIpc) is 3.31. The summed E-state index contributed by atoms with van der Waals surface area (Å²) in [5, 5.41) is 8.26. The molecule has 8 nitrogen and oxygen atoms in total. The average molecular weight is 407 g/mol. The standard InChI is InChI=1S/C22H25N5O3/c1-15-11-17(3)27(23-15)14-18-5-4-6-19(13-18)21(28)25-7-9-26(10-8-25)22(29)20-12-16(2)24-30-20/h4-6,11-13H,7-10,14H2,1-3H3. The molecule has 3 heterocycles. The van der Waals surface area contributed by atoms with Gasteiger partial charge < -0.3 is 14.3 Å². The van der Waals surface area contributed by atoms with Gasteiger partial charge in [-0.25, -0.2) is 0 Å². The van der Waals surface area contributed by atoms with Gasteiger partial charge in [0, 0.05) is 43.5 Å². The molecular formula is C22H25N5O3. The second kappa shape index (κ2) is 8.14. The first-order valence-corrected chi connectivity index (χ1v) is 10.0. The molecule has 0 unspecified atom stereocenters. The molecule has 0 saturated carbocycles. The molecule has 0 radical (unpaired) electrons. The fourth-order valence-electron chi connectivity index (χ4n) is 3.73. The first kappa shape index (κ1) is 19.9. The van der Waals surface area contributed by atoms with Crippen molar-refractivity contribution in [3.05, 3.63) is 70.4 Å². The van der Waals surface area contributed by atoms with E-state index < -0.39 is 0 Å². The Morgan fingerprint density at radius 3 is 2.23 bits per heavy atom. The van der Waals surface area contributed by atoms with Crippen LogP contribution in [0.4, 0.5) is 0 Å². The van der Waals surface area contributed by atoms with Gasteiger partial charge in [-0.1, -0.05) is 17.3 Å². The van der Waals surface area contributed by atoms with E-state index in [9.17, 15) is 9.59 Å². The molecule has 30 heavy (non-hydrogen) atoms. The lowest BCUT2D eigenvalue weighted by Gasteiger charge is -2.34. The summed E-state index contributed by atoms with van der Waals surface area (Å²) < 4.78 is 7.00. The predicted octanol–water partition coefficient (Wildman–Crippen LogP) is 2.44. The van der Waals surface area contributed by atoms with E-state index in [0.717, 1.165) is 17.0 Å². The van der Waals surface area contributed by atoms with Gasteiger partial charge in [0.05, 0.1) is 17.9 Å². The summed E-state index contributed by atoms with van der Waals surface area (Å²) in [5.41, 5.74) is 4.42. The summed E-state index contributed by atoms with van der Waals surface area (Å²) in [5.74, 6) is 0.0338. The van der Waals surface area contributed by atoms with Crippen LogP contribution in [-0.4, -0.2) is 62.7 Å². The van der Waals surface area contributed by atoms with Crippen molar-refractivity contribution in [2.24, 2.45) is 0 Å². The fraction of sp³-hybridized carbons (Fsp3) is 0.364. The topological polar surface area (TPSA) is 84.5 Å². The molecular weight excluding hydrogens is 382 g/mol. The number of benzene rings is 1. The van der Waals surface area contributed by atoms with Crippen molar-refractivity contribution in [1.29, 1.82) is 0 Å². The molecule has 1 saturated heterocycles. The van der Waals surface area contributed by atoms with Gasteiger partial charge in [0.25, 0.3) is 11.8 Å². The summed E-state index contributed by atoms with van der Waals surface area (Å²) in [4.78, 5) is 29.0. The third-order valence-electron chi connectivity index (χ3n) is 5.30. The minimum Gasteiger partial charge on any atom is -0.351 e. The molecule has 2 amide bonds. The number of hydrogen-bond acceptors (Lipinski definition) is 5. The summed E-state index contributed by atoms with van der Waals surface area (Å²) in [6, 6.07) is 11.3. The van der Waals surface area contributed by atoms with Gasteiger partial charge in [0.15, 0.2) is 0 Å². The van der Waals surface area contributed by atoms with Crippen LogP contribution >= 0.6 is 0 Å². The monoisotopic (exact) mass is 407 g/mol. The number of carbonyl (C=O) groups excluding carboxylic acids is 2. The van der Waals surface area contributed by atoms with Gasteiger partial charge in [-0.3, -0.25) is 14.3 Å². The van der Waals surface area contributed by atoms with Crippen molar-refractivity contribution in [1.82, 2.24) is 24.7 Å². The lowest BCUT2D eigenvalue weighted by molar-refractivity contribution is 0.0512. The molecule has 0 aliphatic carbocycles.